The molecule has 2 aromatic rings. The van der Waals surface area contributed by atoms with Gasteiger partial charge < -0.3 is 9.88 Å². The van der Waals surface area contributed by atoms with Gasteiger partial charge >= 0.3 is 0 Å². The van der Waals surface area contributed by atoms with Gasteiger partial charge in [-0.25, -0.2) is 4.98 Å². The highest BCUT2D eigenvalue weighted by Crippen LogP contribution is 2.23. The molecular weight excluding hydrogens is 280 g/mol. The zero-order valence-corrected chi connectivity index (χ0v) is 12.6. The highest BCUT2D eigenvalue weighted by atomic mass is 35.5. The van der Waals surface area contributed by atoms with Crippen molar-refractivity contribution >= 4 is 23.7 Å². The largest absolute Gasteiger partial charge is 0.337 e. The summed E-state index contributed by atoms with van der Waals surface area (Å²) in [6, 6.07) is 4.71. The third kappa shape index (κ3) is 3.17. The summed E-state index contributed by atoms with van der Waals surface area (Å²) >= 11 is 1.83. The second-order valence-electron chi connectivity index (χ2n) is 4.67. The Kier molecular flexibility index (Phi) is 4.99. The summed E-state index contributed by atoms with van der Waals surface area (Å²) in [6.07, 6.45) is 3.90. The molecule has 0 radical (unpaired) electrons. The second kappa shape index (κ2) is 6.52. The van der Waals surface area contributed by atoms with Crippen molar-refractivity contribution in [2.75, 3.05) is 19.6 Å². The van der Waals surface area contributed by atoms with E-state index in [1.807, 2.05) is 23.7 Å². The van der Waals surface area contributed by atoms with E-state index >= 15 is 0 Å². The standard InChI is InChI=1S/C13H18N4S.ClH/c1-16-6-5-15-13(16)12-9-14-4-7-17(12)10-11-3-2-8-18-11;/h2-3,5-6,8,12,14H,4,7,9-10H2,1H3;1H. The molecule has 104 valence electrons. The van der Waals surface area contributed by atoms with Gasteiger partial charge in [-0.2, -0.15) is 0 Å². The van der Waals surface area contributed by atoms with Crippen LogP contribution in [0.1, 0.15) is 16.7 Å². The van der Waals surface area contributed by atoms with Gasteiger partial charge in [0.15, 0.2) is 0 Å². The molecule has 1 unspecified atom stereocenters. The Hall–Kier alpha value is -0.880. The Morgan fingerprint density at radius 1 is 1.53 bits per heavy atom. The number of halogens is 1. The lowest BCUT2D eigenvalue weighted by Gasteiger charge is -2.35. The molecule has 3 rings (SSSR count). The van der Waals surface area contributed by atoms with Gasteiger partial charge in [0.05, 0.1) is 6.04 Å². The van der Waals surface area contributed by atoms with E-state index in [-0.39, 0.29) is 12.4 Å². The fourth-order valence-electron chi connectivity index (χ4n) is 2.49. The first kappa shape index (κ1) is 14.5. The van der Waals surface area contributed by atoms with Crippen LogP contribution in [0.2, 0.25) is 0 Å². The Bertz CT molecular complexity index is 496. The number of aryl methyl sites for hydroxylation is 1. The van der Waals surface area contributed by atoms with Crippen LogP contribution < -0.4 is 5.32 Å². The third-order valence-corrected chi connectivity index (χ3v) is 4.31. The Balaban J connectivity index is 0.00000133. The number of aromatic nitrogens is 2. The smallest absolute Gasteiger partial charge is 0.127 e. The minimum atomic E-state index is 0. The quantitative estimate of drug-likeness (QED) is 0.941. The molecule has 1 aliphatic heterocycles. The van der Waals surface area contributed by atoms with Crippen molar-refractivity contribution in [1.29, 1.82) is 0 Å². The molecule has 0 aliphatic carbocycles. The summed E-state index contributed by atoms with van der Waals surface area (Å²) in [4.78, 5) is 8.45. The molecule has 1 fully saturated rings. The summed E-state index contributed by atoms with van der Waals surface area (Å²) in [5.74, 6) is 1.15. The van der Waals surface area contributed by atoms with Crippen LogP contribution in [0.25, 0.3) is 0 Å². The van der Waals surface area contributed by atoms with E-state index in [1.54, 1.807) is 0 Å². The zero-order chi connectivity index (χ0) is 12.4. The van der Waals surface area contributed by atoms with Crippen molar-refractivity contribution in [3.63, 3.8) is 0 Å². The summed E-state index contributed by atoms with van der Waals surface area (Å²) in [5.41, 5.74) is 0. The third-order valence-electron chi connectivity index (χ3n) is 3.45. The number of rotatable bonds is 3. The summed E-state index contributed by atoms with van der Waals surface area (Å²) in [5, 5.41) is 5.61. The average Bonchev–Trinajstić information content (AvgIpc) is 3.02. The van der Waals surface area contributed by atoms with Crippen molar-refractivity contribution in [3.8, 4) is 0 Å². The highest BCUT2D eigenvalue weighted by Gasteiger charge is 2.26. The molecule has 6 heteroatoms. The number of thiophene rings is 1. The van der Waals surface area contributed by atoms with Gasteiger partial charge in [-0.05, 0) is 11.4 Å². The SMILES string of the molecule is Cl.Cn1ccnc1C1CNCCN1Cc1cccs1. The Morgan fingerprint density at radius 3 is 3.11 bits per heavy atom. The van der Waals surface area contributed by atoms with Crippen LogP contribution in [-0.2, 0) is 13.6 Å². The molecule has 4 nitrogen and oxygen atoms in total. The van der Waals surface area contributed by atoms with Gasteiger partial charge in [0.1, 0.15) is 5.82 Å². The first-order chi connectivity index (χ1) is 8.84. The van der Waals surface area contributed by atoms with Gasteiger partial charge in [-0.15, -0.1) is 23.7 Å². The molecule has 0 spiro atoms. The second-order valence-corrected chi connectivity index (χ2v) is 5.70. The zero-order valence-electron chi connectivity index (χ0n) is 11.0. The number of hydrogen-bond acceptors (Lipinski definition) is 4. The van der Waals surface area contributed by atoms with E-state index in [4.69, 9.17) is 0 Å². The van der Waals surface area contributed by atoms with Crippen LogP contribution >= 0.6 is 23.7 Å². The van der Waals surface area contributed by atoms with Crippen LogP contribution in [0.4, 0.5) is 0 Å². The topological polar surface area (TPSA) is 33.1 Å². The average molecular weight is 299 g/mol. The molecule has 2 aromatic heterocycles. The summed E-state index contributed by atoms with van der Waals surface area (Å²) in [7, 11) is 2.07. The number of imidazole rings is 1. The molecule has 1 saturated heterocycles. The van der Waals surface area contributed by atoms with Gasteiger partial charge in [0, 0.05) is 50.5 Å². The molecule has 0 saturated carbocycles. The lowest BCUT2D eigenvalue weighted by atomic mass is 10.1. The van der Waals surface area contributed by atoms with Crippen molar-refractivity contribution in [2.24, 2.45) is 7.05 Å². The fraction of sp³-hybridized carbons (Fsp3) is 0.462. The molecule has 3 heterocycles. The van der Waals surface area contributed by atoms with Crippen molar-refractivity contribution in [2.45, 2.75) is 12.6 Å². The van der Waals surface area contributed by atoms with E-state index < -0.39 is 0 Å². The monoisotopic (exact) mass is 298 g/mol. The van der Waals surface area contributed by atoms with E-state index in [2.05, 4.69) is 44.3 Å². The normalized spacial score (nSPS) is 20.2. The first-order valence-corrected chi connectivity index (χ1v) is 7.17. The van der Waals surface area contributed by atoms with Gasteiger partial charge in [-0.1, -0.05) is 6.07 Å². The minimum Gasteiger partial charge on any atom is -0.337 e. The van der Waals surface area contributed by atoms with Gasteiger partial charge in [-0.3, -0.25) is 4.90 Å². The molecule has 1 atom stereocenters. The fourth-order valence-corrected chi connectivity index (χ4v) is 3.22. The van der Waals surface area contributed by atoms with E-state index in [0.29, 0.717) is 6.04 Å². The van der Waals surface area contributed by atoms with Crippen molar-refractivity contribution < 1.29 is 0 Å². The summed E-state index contributed by atoms with van der Waals surface area (Å²) in [6.45, 7) is 4.15. The summed E-state index contributed by atoms with van der Waals surface area (Å²) < 4.78 is 2.12. The lowest BCUT2D eigenvalue weighted by Crippen LogP contribution is -2.46. The maximum absolute atomic E-state index is 4.50. The van der Waals surface area contributed by atoms with Crippen LogP contribution in [0.5, 0.6) is 0 Å². The molecule has 1 aliphatic rings. The van der Waals surface area contributed by atoms with E-state index in [1.165, 1.54) is 4.88 Å². The predicted molar refractivity (Wildman–Crippen MR) is 80.8 cm³/mol. The number of nitrogens with zero attached hydrogens (tertiary/aromatic N) is 3. The number of piperazine rings is 1. The Labute approximate surface area is 123 Å². The molecular formula is C13H19ClN4S. The first-order valence-electron chi connectivity index (χ1n) is 6.29. The highest BCUT2D eigenvalue weighted by molar-refractivity contribution is 7.09. The number of hydrogen-bond donors (Lipinski definition) is 1. The Morgan fingerprint density at radius 2 is 2.42 bits per heavy atom. The lowest BCUT2D eigenvalue weighted by molar-refractivity contribution is 0.146. The molecule has 1 N–H and O–H groups in total. The van der Waals surface area contributed by atoms with Crippen LogP contribution in [0, 0.1) is 0 Å². The predicted octanol–water partition coefficient (Wildman–Crippen LogP) is 2.05. The minimum absolute atomic E-state index is 0. The van der Waals surface area contributed by atoms with Crippen LogP contribution in [0.3, 0.4) is 0 Å². The van der Waals surface area contributed by atoms with Gasteiger partial charge in [0.25, 0.3) is 0 Å². The van der Waals surface area contributed by atoms with E-state index in [0.717, 1.165) is 32.0 Å². The molecule has 0 amide bonds. The number of nitrogens with one attached hydrogen (secondary N) is 1. The molecule has 19 heavy (non-hydrogen) atoms. The van der Waals surface area contributed by atoms with Crippen LogP contribution in [-0.4, -0.2) is 34.1 Å². The molecule has 0 bridgehead atoms. The van der Waals surface area contributed by atoms with E-state index in [9.17, 15) is 0 Å². The van der Waals surface area contributed by atoms with Gasteiger partial charge in [0.2, 0.25) is 0 Å². The van der Waals surface area contributed by atoms with Crippen molar-refractivity contribution in [1.82, 2.24) is 19.8 Å². The maximum atomic E-state index is 4.50. The molecule has 0 aromatic carbocycles. The van der Waals surface area contributed by atoms with Crippen LogP contribution in [0.15, 0.2) is 29.9 Å². The van der Waals surface area contributed by atoms with Crippen molar-refractivity contribution in [3.05, 3.63) is 40.6 Å². The maximum Gasteiger partial charge on any atom is 0.127 e.